The molecule has 0 aliphatic heterocycles. The Kier molecular flexibility index (Phi) is 4.78. The van der Waals surface area contributed by atoms with Crippen LogP contribution in [0.1, 0.15) is 18.1 Å². The van der Waals surface area contributed by atoms with Crippen molar-refractivity contribution in [3.63, 3.8) is 0 Å². The molecule has 3 nitrogen and oxygen atoms in total. The third-order valence-electron chi connectivity index (χ3n) is 3.24. The van der Waals surface area contributed by atoms with Gasteiger partial charge in [0, 0.05) is 6.04 Å². The Hall–Kier alpha value is -2.54. The first kappa shape index (κ1) is 14.9. The maximum absolute atomic E-state index is 13.7. The number of rotatable bonds is 5. The molecule has 0 radical (unpaired) electrons. The first-order chi connectivity index (χ1) is 10.2. The Morgan fingerprint density at radius 1 is 1.24 bits per heavy atom. The van der Waals surface area contributed by atoms with Crippen molar-refractivity contribution < 1.29 is 9.13 Å². The highest BCUT2D eigenvalue weighted by molar-refractivity contribution is 5.66. The fourth-order valence-electron chi connectivity index (χ4n) is 2.23. The van der Waals surface area contributed by atoms with E-state index in [4.69, 9.17) is 4.74 Å². The van der Waals surface area contributed by atoms with Gasteiger partial charge in [0.2, 0.25) is 0 Å². The quantitative estimate of drug-likeness (QED) is 0.909. The molecule has 1 atom stereocenters. The van der Waals surface area contributed by atoms with E-state index in [0.29, 0.717) is 29.0 Å². The molecule has 21 heavy (non-hydrogen) atoms. The first-order valence-electron chi connectivity index (χ1n) is 6.72. The minimum absolute atomic E-state index is 0.0368. The lowest BCUT2D eigenvalue weighted by molar-refractivity contribution is 0.416. The molecule has 108 valence electrons. The molecular weight excluding hydrogens is 267 g/mol. The van der Waals surface area contributed by atoms with Crippen LogP contribution in [0.5, 0.6) is 5.75 Å². The zero-order valence-electron chi connectivity index (χ0n) is 12.1. The first-order valence-corrected chi connectivity index (χ1v) is 6.72. The molecule has 0 saturated heterocycles. The van der Waals surface area contributed by atoms with Crippen LogP contribution in [0, 0.1) is 17.1 Å². The molecular formula is C17H17FN2O. The van der Waals surface area contributed by atoms with Gasteiger partial charge in [-0.25, -0.2) is 4.39 Å². The summed E-state index contributed by atoms with van der Waals surface area (Å²) in [5.74, 6) is 0.390. The van der Waals surface area contributed by atoms with E-state index in [9.17, 15) is 9.65 Å². The molecule has 0 heterocycles. The normalized spacial score (nSPS) is 11.5. The van der Waals surface area contributed by atoms with Gasteiger partial charge in [0.15, 0.2) is 0 Å². The summed E-state index contributed by atoms with van der Waals surface area (Å²) < 4.78 is 18.9. The SMILES string of the molecule is COc1cccc(C#N)c1NC(C)Cc1ccccc1F. The summed E-state index contributed by atoms with van der Waals surface area (Å²) in [6.45, 7) is 1.94. The molecule has 0 aliphatic carbocycles. The molecule has 0 saturated carbocycles. The standard InChI is InChI=1S/C17H17FN2O/c1-12(10-13-6-3-4-8-15(13)18)20-17-14(11-19)7-5-9-16(17)21-2/h3-9,12,20H,10H2,1-2H3. The predicted octanol–water partition coefficient (Wildman–Crippen LogP) is 3.75. The lowest BCUT2D eigenvalue weighted by Crippen LogP contribution is -2.20. The van der Waals surface area contributed by atoms with Crippen LogP contribution < -0.4 is 10.1 Å². The summed E-state index contributed by atoms with van der Waals surface area (Å²) in [7, 11) is 1.56. The number of para-hydroxylation sites is 1. The van der Waals surface area contributed by atoms with Crippen LogP contribution >= 0.6 is 0 Å². The maximum Gasteiger partial charge on any atom is 0.143 e. The third-order valence-corrected chi connectivity index (χ3v) is 3.24. The smallest absolute Gasteiger partial charge is 0.143 e. The number of benzene rings is 2. The number of hydrogen-bond acceptors (Lipinski definition) is 3. The number of halogens is 1. The fourth-order valence-corrected chi connectivity index (χ4v) is 2.23. The number of nitrogens with zero attached hydrogens (tertiary/aromatic N) is 1. The second kappa shape index (κ2) is 6.76. The Bertz CT molecular complexity index is 664. The van der Waals surface area contributed by atoms with Crippen LogP contribution in [0.15, 0.2) is 42.5 Å². The van der Waals surface area contributed by atoms with Crippen LogP contribution in [-0.4, -0.2) is 13.2 Å². The van der Waals surface area contributed by atoms with Gasteiger partial charge in [-0.05, 0) is 37.1 Å². The van der Waals surface area contributed by atoms with Gasteiger partial charge in [0.05, 0.1) is 18.4 Å². The van der Waals surface area contributed by atoms with Gasteiger partial charge >= 0.3 is 0 Å². The minimum Gasteiger partial charge on any atom is -0.495 e. The van der Waals surface area contributed by atoms with E-state index in [1.165, 1.54) is 6.07 Å². The summed E-state index contributed by atoms with van der Waals surface area (Å²) in [5, 5.41) is 12.4. The fraction of sp³-hybridized carbons (Fsp3) is 0.235. The molecule has 0 fully saturated rings. The molecule has 4 heteroatoms. The van der Waals surface area contributed by atoms with Crippen molar-refractivity contribution in [2.75, 3.05) is 12.4 Å². The minimum atomic E-state index is -0.216. The summed E-state index contributed by atoms with van der Waals surface area (Å²) in [6.07, 6.45) is 0.523. The number of nitrogens with one attached hydrogen (secondary N) is 1. The van der Waals surface area contributed by atoms with Crippen molar-refractivity contribution in [2.45, 2.75) is 19.4 Å². The summed E-state index contributed by atoms with van der Waals surface area (Å²) in [5.41, 5.74) is 1.80. The molecule has 0 aromatic heterocycles. The number of ether oxygens (including phenoxy) is 1. The highest BCUT2D eigenvalue weighted by Crippen LogP contribution is 2.29. The van der Waals surface area contributed by atoms with Gasteiger partial charge in [-0.3, -0.25) is 0 Å². The summed E-state index contributed by atoms with van der Waals surface area (Å²) in [6, 6.07) is 14.1. The summed E-state index contributed by atoms with van der Waals surface area (Å²) >= 11 is 0. The molecule has 0 amide bonds. The van der Waals surface area contributed by atoms with Crippen LogP contribution in [0.3, 0.4) is 0 Å². The van der Waals surface area contributed by atoms with Crippen LogP contribution in [0.4, 0.5) is 10.1 Å². The average molecular weight is 284 g/mol. The van der Waals surface area contributed by atoms with E-state index in [-0.39, 0.29) is 11.9 Å². The second-order valence-corrected chi connectivity index (χ2v) is 4.84. The van der Waals surface area contributed by atoms with Crippen LogP contribution in [0.25, 0.3) is 0 Å². The van der Waals surface area contributed by atoms with Crippen molar-refractivity contribution in [3.05, 3.63) is 59.4 Å². The van der Waals surface area contributed by atoms with E-state index in [1.807, 2.05) is 13.0 Å². The second-order valence-electron chi connectivity index (χ2n) is 4.84. The van der Waals surface area contributed by atoms with Crippen molar-refractivity contribution in [1.29, 1.82) is 5.26 Å². The van der Waals surface area contributed by atoms with Crippen LogP contribution in [-0.2, 0) is 6.42 Å². The van der Waals surface area contributed by atoms with E-state index >= 15 is 0 Å². The van der Waals surface area contributed by atoms with Crippen molar-refractivity contribution in [3.8, 4) is 11.8 Å². The van der Waals surface area contributed by atoms with Gasteiger partial charge < -0.3 is 10.1 Å². The Labute approximate surface area is 124 Å². The maximum atomic E-state index is 13.7. The molecule has 0 spiro atoms. The molecule has 1 unspecified atom stereocenters. The van der Waals surface area contributed by atoms with E-state index < -0.39 is 0 Å². The Morgan fingerprint density at radius 3 is 2.67 bits per heavy atom. The summed E-state index contributed by atoms with van der Waals surface area (Å²) in [4.78, 5) is 0. The lowest BCUT2D eigenvalue weighted by atomic mass is 10.1. The number of hydrogen-bond donors (Lipinski definition) is 1. The van der Waals surface area contributed by atoms with Crippen LogP contribution in [0.2, 0.25) is 0 Å². The zero-order valence-corrected chi connectivity index (χ0v) is 12.1. The third kappa shape index (κ3) is 3.51. The molecule has 0 aliphatic rings. The topological polar surface area (TPSA) is 45.0 Å². The van der Waals surface area contributed by atoms with Crippen molar-refractivity contribution >= 4 is 5.69 Å². The van der Waals surface area contributed by atoms with Gasteiger partial charge in [0.1, 0.15) is 17.6 Å². The van der Waals surface area contributed by atoms with E-state index in [1.54, 1.807) is 37.4 Å². The lowest BCUT2D eigenvalue weighted by Gasteiger charge is -2.19. The molecule has 2 aromatic carbocycles. The Balaban J connectivity index is 2.19. The predicted molar refractivity (Wildman–Crippen MR) is 80.9 cm³/mol. The van der Waals surface area contributed by atoms with E-state index in [0.717, 1.165) is 0 Å². The van der Waals surface area contributed by atoms with Gasteiger partial charge in [-0.15, -0.1) is 0 Å². The van der Waals surface area contributed by atoms with Crippen molar-refractivity contribution in [1.82, 2.24) is 0 Å². The molecule has 2 rings (SSSR count). The Morgan fingerprint density at radius 2 is 2.00 bits per heavy atom. The zero-order chi connectivity index (χ0) is 15.2. The number of methoxy groups -OCH3 is 1. The molecule has 0 bridgehead atoms. The van der Waals surface area contributed by atoms with E-state index in [2.05, 4.69) is 11.4 Å². The molecule has 2 aromatic rings. The van der Waals surface area contributed by atoms with Gasteiger partial charge in [-0.1, -0.05) is 24.3 Å². The highest BCUT2D eigenvalue weighted by atomic mass is 19.1. The van der Waals surface area contributed by atoms with Gasteiger partial charge in [-0.2, -0.15) is 5.26 Å². The van der Waals surface area contributed by atoms with Gasteiger partial charge in [0.25, 0.3) is 0 Å². The number of nitriles is 1. The highest BCUT2D eigenvalue weighted by Gasteiger charge is 2.13. The number of anilines is 1. The molecule has 1 N–H and O–H groups in total. The largest absolute Gasteiger partial charge is 0.495 e. The van der Waals surface area contributed by atoms with Crippen molar-refractivity contribution in [2.24, 2.45) is 0 Å². The average Bonchev–Trinajstić information content (AvgIpc) is 2.49. The monoisotopic (exact) mass is 284 g/mol.